The van der Waals surface area contributed by atoms with E-state index in [1.165, 1.54) is 5.56 Å². The van der Waals surface area contributed by atoms with E-state index in [9.17, 15) is 0 Å². The summed E-state index contributed by atoms with van der Waals surface area (Å²) in [4.78, 5) is 20.4. The minimum atomic E-state index is 0.210. The number of piperazine rings is 1. The molecule has 28 heavy (non-hydrogen) atoms. The Kier molecular flexibility index (Phi) is 6.14. The van der Waals surface area contributed by atoms with Crippen molar-refractivity contribution >= 4 is 18.0 Å². The number of anilines is 2. The Labute approximate surface area is 166 Å². The van der Waals surface area contributed by atoms with Crippen molar-refractivity contribution in [2.24, 2.45) is 5.73 Å². The molecule has 0 radical (unpaired) electrons. The second-order valence-corrected chi connectivity index (χ2v) is 7.53. The second-order valence-electron chi connectivity index (χ2n) is 7.53. The monoisotopic (exact) mass is 379 g/mol. The maximum atomic E-state index is 6.10. The number of rotatable bonds is 5. The first-order chi connectivity index (χ1) is 13.8. The summed E-state index contributed by atoms with van der Waals surface area (Å²) in [7, 11) is 0. The molecule has 1 aromatic carbocycles. The predicted octanol–water partition coefficient (Wildman–Crippen LogP) is 1.63. The zero-order valence-electron chi connectivity index (χ0n) is 16.3. The lowest BCUT2D eigenvalue weighted by atomic mass is 10.1. The van der Waals surface area contributed by atoms with Gasteiger partial charge in [-0.1, -0.05) is 42.5 Å². The van der Waals surface area contributed by atoms with Crippen molar-refractivity contribution in [1.82, 2.24) is 19.9 Å². The summed E-state index contributed by atoms with van der Waals surface area (Å²) in [5.74, 6) is 1.54. The minimum absolute atomic E-state index is 0.210. The summed E-state index contributed by atoms with van der Waals surface area (Å²) in [6.07, 6.45) is 8.23. The smallest absolute Gasteiger partial charge is 0.230 e. The molecular weight excluding hydrogens is 350 g/mol. The standard InChI is InChI=1S/C21H29N7/c22-19-9-5-11-28(16-19)21-24-17-23-20(25-21)27-14-12-26(13-15-27)10-4-8-18-6-2-1-3-7-18/h1-4,6-8,17,19H,5,9-16,22H2/b8-4+. The van der Waals surface area contributed by atoms with Crippen LogP contribution in [0.25, 0.3) is 6.08 Å². The second kappa shape index (κ2) is 9.12. The molecule has 2 aliphatic rings. The highest BCUT2D eigenvalue weighted by molar-refractivity contribution is 5.48. The third-order valence-electron chi connectivity index (χ3n) is 5.42. The topological polar surface area (TPSA) is 74.4 Å². The van der Waals surface area contributed by atoms with Crippen LogP contribution in [0.3, 0.4) is 0 Å². The number of hydrogen-bond acceptors (Lipinski definition) is 7. The van der Waals surface area contributed by atoms with Crippen molar-refractivity contribution < 1.29 is 0 Å². The quantitative estimate of drug-likeness (QED) is 0.846. The Morgan fingerprint density at radius 2 is 1.71 bits per heavy atom. The van der Waals surface area contributed by atoms with Gasteiger partial charge in [0.15, 0.2) is 0 Å². The molecule has 2 aromatic rings. The largest absolute Gasteiger partial charge is 0.339 e. The van der Waals surface area contributed by atoms with Gasteiger partial charge < -0.3 is 15.5 Å². The lowest BCUT2D eigenvalue weighted by molar-refractivity contribution is 0.283. The van der Waals surface area contributed by atoms with Crippen LogP contribution in [0.1, 0.15) is 18.4 Å². The van der Waals surface area contributed by atoms with Crippen LogP contribution in [0, 0.1) is 0 Å². The summed E-state index contributed by atoms with van der Waals surface area (Å²) >= 11 is 0. The highest BCUT2D eigenvalue weighted by Crippen LogP contribution is 2.18. The Bertz CT molecular complexity index is 771. The highest BCUT2D eigenvalue weighted by Gasteiger charge is 2.22. The minimum Gasteiger partial charge on any atom is -0.339 e. The third kappa shape index (κ3) is 4.85. The number of nitrogens with zero attached hydrogens (tertiary/aromatic N) is 6. The lowest BCUT2D eigenvalue weighted by Gasteiger charge is -2.35. The van der Waals surface area contributed by atoms with E-state index in [1.54, 1.807) is 6.33 Å². The van der Waals surface area contributed by atoms with Gasteiger partial charge in [0.25, 0.3) is 0 Å². The third-order valence-corrected chi connectivity index (χ3v) is 5.42. The van der Waals surface area contributed by atoms with Crippen LogP contribution < -0.4 is 15.5 Å². The van der Waals surface area contributed by atoms with Gasteiger partial charge in [-0.2, -0.15) is 4.98 Å². The molecule has 0 bridgehead atoms. The molecule has 4 rings (SSSR count). The van der Waals surface area contributed by atoms with E-state index in [4.69, 9.17) is 10.7 Å². The number of nitrogens with two attached hydrogens (primary N) is 1. The molecule has 0 saturated carbocycles. The van der Waals surface area contributed by atoms with Crippen molar-refractivity contribution in [2.45, 2.75) is 18.9 Å². The number of benzene rings is 1. The van der Waals surface area contributed by atoms with Gasteiger partial charge in [0, 0.05) is 51.9 Å². The fraction of sp³-hybridized carbons (Fsp3) is 0.476. The summed E-state index contributed by atoms with van der Waals surface area (Å²) < 4.78 is 0. The Balaban J connectivity index is 1.30. The molecule has 0 aliphatic carbocycles. The molecule has 0 spiro atoms. The molecule has 7 nitrogen and oxygen atoms in total. The average Bonchev–Trinajstić information content (AvgIpc) is 2.75. The molecular formula is C21H29N7. The van der Waals surface area contributed by atoms with E-state index in [1.807, 2.05) is 6.07 Å². The summed E-state index contributed by atoms with van der Waals surface area (Å²) in [5, 5.41) is 0. The molecule has 1 atom stereocenters. The number of aromatic nitrogens is 3. The molecule has 1 aromatic heterocycles. The molecule has 7 heteroatoms. The van der Waals surface area contributed by atoms with Crippen LogP contribution in [0.4, 0.5) is 11.9 Å². The number of piperidine rings is 1. The van der Waals surface area contributed by atoms with E-state index < -0.39 is 0 Å². The van der Waals surface area contributed by atoms with Crippen LogP contribution in [-0.2, 0) is 0 Å². The Morgan fingerprint density at radius 1 is 0.964 bits per heavy atom. The van der Waals surface area contributed by atoms with Crippen LogP contribution in [-0.4, -0.2) is 71.7 Å². The molecule has 2 fully saturated rings. The molecule has 2 aliphatic heterocycles. The fourth-order valence-corrected chi connectivity index (χ4v) is 3.81. The van der Waals surface area contributed by atoms with Crippen molar-refractivity contribution in [3.8, 4) is 0 Å². The van der Waals surface area contributed by atoms with Crippen molar-refractivity contribution in [1.29, 1.82) is 0 Å². The summed E-state index contributed by atoms with van der Waals surface area (Å²) in [5.41, 5.74) is 7.35. The van der Waals surface area contributed by atoms with Crippen molar-refractivity contribution in [2.75, 3.05) is 55.6 Å². The SMILES string of the molecule is NC1CCCN(c2ncnc(N3CCN(C/C=C/c4ccccc4)CC3)n2)C1. The highest BCUT2D eigenvalue weighted by atomic mass is 15.4. The molecule has 2 N–H and O–H groups in total. The molecule has 1 unspecified atom stereocenters. The zero-order chi connectivity index (χ0) is 19.2. The van der Waals surface area contributed by atoms with Gasteiger partial charge in [0.2, 0.25) is 11.9 Å². The molecule has 148 valence electrons. The van der Waals surface area contributed by atoms with E-state index in [2.05, 4.69) is 61.1 Å². The molecule has 3 heterocycles. The summed E-state index contributed by atoms with van der Waals surface area (Å²) in [6, 6.07) is 10.6. The van der Waals surface area contributed by atoms with Gasteiger partial charge in [-0.25, -0.2) is 9.97 Å². The first-order valence-corrected chi connectivity index (χ1v) is 10.2. The first kappa shape index (κ1) is 18.8. The first-order valence-electron chi connectivity index (χ1n) is 10.2. The molecule has 0 amide bonds. The van der Waals surface area contributed by atoms with Crippen LogP contribution in [0.15, 0.2) is 42.7 Å². The lowest BCUT2D eigenvalue weighted by Crippen LogP contribution is -2.47. The fourth-order valence-electron chi connectivity index (χ4n) is 3.81. The van der Waals surface area contributed by atoms with Gasteiger partial charge in [0.05, 0.1) is 0 Å². The number of hydrogen-bond donors (Lipinski definition) is 1. The van der Waals surface area contributed by atoms with E-state index >= 15 is 0 Å². The van der Waals surface area contributed by atoms with E-state index in [-0.39, 0.29) is 6.04 Å². The zero-order valence-corrected chi connectivity index (χ0v) is 16.3. The molecule has 2 saturated heterocycles. The van der Waals surface area contributed by atoms with E-state index in [0.29, 0.717) is 0 Å². The Morgan fingerprint density at radius 3 is 2.46 bits per heavy atom. The van der Waals surface area contributed by atoms with Gasteiger partial charge in [-0.3, -0.25) is 4.90 Å². The van der Waals surface area contributed by atoms with E-state index in [0.717, 1.165) is 70.6 Å². The van der Waals surface area contributed by atoms with Crippen molar-refractivity contribution in [3.63, 3.8) is 0 Å². The van der Waals surface area contributed by atoms with Gasteiger partial charge >= 0.3 is 0 Å². The van der Waals surface area contributed by atoms with Gasteiger partial charge in [0.1, 0.15) is 6.33 Å². The van der Waals surface area contributed by atoms with Crippen LogP contribution >= 0.6 is 0 Å². The van der Waals surface area contributed by atoms with Crippen LogP contribution in [0.5, 0.6) is 0 Å². The predicted molar refractivity (Wildman–Crippen MR) is 113 cm³/mol. The normalized spacial score (nSPS) is 21.4. The van der Waals surface area contributed by atoms with Gasteiger partial charge in [-0.05, 0) is 18.4 Å². The van der Waals surface area contributed by atoms with Crippen LogP contribution in [0.2, 0.25) is 0 Å². The van der Waals surface area contributed by atoms with Gasteiger partial charge in [-0.15, -0.1) is 0 Å². The average molecular weight is 380 g/mol. The summed E-state index contributed by atoms with van der Waals surface area (Å²) in [6.45, 7) is 6.65. The maximum Gasteiger partial charge on any atom is 0.230 e. The maximum absolute atomic E-state index is 6.10. The van der Waals surface area contributed by atoms with Crippen molar-refractivity contribution in [3.05, 3.63) is 48.3 Å². The Hall–Kier alpha value is -2.51.